The Balaban J connectivity index is 2.52. The lowest BCUT2D eigenvalue weighted by Gasteiger charge is -2.02. The van der Waals surface area contributed by atoms with E-state index in [0.717, 1.165) is 16.7 Å². The highest BCUT2D eigenvalue weighted by molar-refractivity contribution is 7.99. The number of aliphatic carboxylic acids is 1. The molecule has 0 amide bonds. The van der Waals surface area contributed by atoms with E-state index in [9.17, 15) is 13.6 Å². The van der Waals surface area contributed by atoms with Crippen molar-refractivity contribution in [2.75, 3.05) is 5.75 Å². The molecule has 0 fully saturated rings. The zero-order chi connectivity index (χ0) is 11.3. The van der Waals surface area contributed by atoms with Crippen molar-refractivity contribution in [1.29, 1.82) is 0 Å². The maximum Gasteiger partial charge on any atom is 0.307 e. The van der Waals surface area contributed by atoms with Crippen LogP contribution in [0.1, 0.15) is 5.56 Å². The number of carboxylic acids is 1. The molecule has 0 aliphatic carbocycles. The van der Waals surface area contributed by atoms with Crippen LogP contribution in [0.3, 0.4) is 0 Å². The Kier molecular flexibility index (Phi) is 4.55. The summed E-state index contributed by atoms with van der Waals surface area (Å²) in [6.45, 7) is 0. The van der Waals surface area contributed by atoms with Gasteiger partial charge in [0.25, 0.3) is 0 Å². The van der Waals surface area contributed by atoms with Gasteiger partial charge in [-0.05, 0) is 17.7 Å². The van der Waals surface area contributed by atoms with E-state index < -0.39 is 12.4 Å². The van der Waals surface area contributed by atoms with Gasteiger partial charge >= 0.3 is 5.97 Å². The van der Waals surface area contributed by atoms with Crippen LogP contribution in [0.15, 0.2) is 29.2 Å². The number of hydrogen-bond acceptors (Lipinski definition) is 2. The summed E-state index contributed by atoms with van der Waals surface area (Å²) < 4.78 is 23.7. The Bertz CT molecular complexity index is 325. The second-order valence-corrected chi connectivity index (χ2v) is 4.01. The smallest absolute Gasteiger partial charge is 0.307 e. The standard InChI is InChI=1S/C10H10F2O2S/c11-9(12)6-15-8-3-1-7(2-4-8)5-10(13)14/h1-4,9H,5-6H2,(H,13,14). The quantitative estimate of drug-likeness (QED) is 0.793. The van der Waals surface area contributed by atoms with Crippen LogP contribution in [0.5, 0.6) is 0 Å². The molecule has 0 aliphatic heterocycles. The maximum absolute atomic E-state index is 11.9. The molecule has 0 saturated heterocycles. The molecule has 0 atom stereocenters. The molecule has 1 aromatic carbocycles. The number of carbonyl (C=O) groups is 1. The molecule has 2 nitrogen and oxygen atoms in total. The molecule has 1 N–H and O–H groups in total. The minimum atomic E-state index is -2.33. The Morgan fingerprint density at radius 1 is 1.33 bits per heavy atom. The average molecular weight is 232 g/mol. The summed E-state index contributed by atoms with van der Waals surface area (Å²) in [5, 5.41) is 8.51. The van der Waals surface area contributed by atoms with Crippen molar-refractivity contribution in [3.05, 3.63) is 29.8 Å². The monoisotopic (exact) mass is 232 g/mol. The van der Waals surface area contributed by atoms with E-state index in [0.29, 0.717) is 5.56 Å². The highest BCUT2D eigenvalue weighted by Crippen LogP contribution is 2.20. The van der Waals surface area contributed by atoms with Crippen LogP contribution in [0, 0.1) is 0 Å². The topological polar surface area (TPSA) is 37.3 Å². The van der Waals surface area contributed by atoms with Gasteiger partial charge in [-0.2, -0.15) is 0 Å². The van der Waals surface area contributed by atoms with Crippen LogP contribution in [-0.2, 0) is 11.2 Å². The summed E-state index contributed by atoms with van der Waals surface area (Å²) in [5.74, 6) is -1.14. The first-order valence-corrected chi connectivity index (χ1v) is 5.28. The van der Waals surface area contributed by atoms with Crippen LogP contribution < -0.4 is 0 Å². The van der Waals surface area contributed by atoms with Gasteiger partial charge in [-0.25, -0.2) is 8.78 Å². The molecule has 5 heteroatoms. The molecule has 0 heterocycles. The van der Waals surface area contributed by atoms with Gasteiger partial charge in [-0.3, -0.25) is 4.79 Å². The first-order valence-electron chi connectivity index (χ1n) is 4.29. The van der Waals surface area contributed by atoms with Crippen LogP contribution >= 0.6 is 11.8 Å². The zero-order valence-corrected chi connectivity index (χ0v) is 8.64. The maximum atomic E-state index is 11.9. The predicted molar refractivity (Wildman–Crippen MR) is 54.5 cm³/mol. The van der Waals surface area contributed by atoms with Crippen LogP contribution in [0.2, 0.25) is 0 Å². The minimum Gasteiger partial charge on any atom is -0.481 e. The fourth-order valence-corrected chi connectivity index (χ4v) is 1.68. The average Bonchev–Trinajstić information content (AvgIpc) is 2.16. The van der Waals surface area contributed by atoms with Crippen molar-refractivity contribution in [3.8, 4) is 0 Å². The third-order valence-corrected chi connectivity index (χ3v) is 2.68. The van der Waals surface area contributed by atoms with E-state index in [1.807, 2.05) is 0 Å². The summed E-state index contributed by atoms with van der Waals surface area (Å²) in [6, 6.07) is 6.60. The van der Waals surface area contributed by atoms with Crippen molar-refractivity contribution < 1.29 is 18.7 Å². The molecule has 1 rings (SSSR count). The van der Waals surface area contributed by atoms with Crippen molar-refractivity contribution in [2.45, 2.75) is 17.7 Å². The first kappa shape index (κ1) is 12.0. The number of benzene rings is 1. The van der Waals surface area contributed by atoms with Gasteiger partial charge in [0.05, 0.1) is 12.2 Å². The summed E-state index contributed by atoms with van der Waals surface area (Å²) in [7, 11) is 0. The fraction of sp³-hybridized carbons (Fsp3) is 0.300. The van der Waals surface area contributed by atoms with Crippen LogP contribution in [-0.4, -0.2) is 23.3 Å². The molecule has 15 heavy (non-hydrogen) atoms. The third-order valence-electron chi connectivity index (χ3n) is 1.65. The second kappa shape index (κ2) is 5.70. The molecule has 0 radical (unpaired) electrons. The lowest BCUT2D eigenvalue weighted by molar-refractivity contribution is -0.136. The van der Waals surface area contributed by atoms with E-state index >= 15 is 0 Å². The minimum absolute atomic E-state index is 0.0419. The number of carboxylic acid groups (broad SMARTS) is 1. The first-order chi connectivity index (χ1) is 7.08. The number of thioether (sulfide) groups is 1. The highest BCUT2D eigenvalue weighted by Gasteiger charge is 2.04. The van der Waals surface area contributed by atoms with Crippen molar-refractivity contribution in [3.63, 3.8) is 0 Å². The lowest BCUT2D eigenvalue weighted by Crippen LogP contribution is -1.99. The van der Waals surface area contributed by atoms with Crippen molar-refractivity contribution >= 4 is 17.7 Å². The fourth-order valence-electron chi connectivity index (χ4n) is 1.04. The summed E-state index contributed by atoms with van der Waals surface area (Å²) in [4.78, 5) is 11.1. The summed E-state index contributed by atoms with van der Waals surface area (Å²) in [5.41, 5.74) is 0.670. The largest absolute Gasteiger partial charge is 0.481 e. The van der Waals surface area contributed by atoms with E-state index in [-0.39, 0.29) is 12.2 Å². The van der Waals surface area contributed by atoms with Gasteiger partial charge in [0, 0.05) is 4.90 Å². The Morgan fingerprint density at radius 2 is 1.93 bits per heavy atom. The molecular formula is C10H10F2O2S. The van der Waals surface area contributed by atoms with Gasteiger partial charge in [-0.15, -0.1) is 11.8 Å². The van der Waals surface area contributed by atoms with Crippen LogP contribution in [0.25, 0.3) is 0 Å². The van der Waals surface area contributed by atoms with Crippen molar-refractivity contribution in [2.24, 2.45) is 0 Å². The Morgan fingerprint density at radius 3 is 2.40 bits per heavy atom. The molecule has 82 valence electrons. The van der Waals surface area contributed by atoms with E-state index in [2.05, 4.69) is 0 Å². The molecule has 0 unspecified atom stereocenters. The molecule has 1 aromatic rings. The number of hydrogen-bond donors (Lipinski definition) is 1. The second-order valence-electron chi connectivity index (χ2n) is 2.92. The van der Waals surface area contributed by atoms with Crippen molar-refractivity contribution in [1.82, 2.24) is 0 Å². The number of halogens is 2. The Labute approximate surface area is 90.3 Å². The van der Waals surface area contributed by atoms with Gasteiger partial charge in [0.15, 0.2) is 0 Å². The van der Waals surface area contributed by atoms with E-state index in [4.69, 9.17) is 5.11 Å². The third kappa shape index (κ3) is 4.78. The number of alkyl halides is 2. The molecule has 0 aliphatic rings. The highest BCUT2D eigenvalue weighted by atomic mass is 32.2. The van der Waals surface area contributed by atoms with Gasteiger partial charge in [0.1, 0.15) is 0 Å². The lowest BCUT2D eigenvalue weighted by atomic mass is 10.2. The summed E-state index contributed by atoms with van der Waals surface area (Å²) >= 11 is 1.06. The molecule has 0 bridgehead atoms. The normalized spacial score (nSPS) is 10.6. The molecule has 0 aromatic heterocycles. The van der Waals surface area contributed by atoms with E-state index in [1.165, 1.54) is 0 Å². The van der Waals surface area contributed by atoms with E-state index in [1.54, 1.807) is 24.3 Å². The Hall–Kier alpha value is -1.10. The van der Waals surface area contributed by atoms with Gasteiger partial charge < -0.3 is 5.11 Å². The van der Waals surface area contributed by atoms with Crippen LogP contribution in [0.4, 0.5) is 8.78 Å². The SMILES string of the molecule is O=C(O)Cc1ccc(SCC(F)F)cc1. The van der Waals surface area contributed by atoms with Gasteiger partial charge in [-0.1, -0.05) is 12.1 Å². The predicted octanol–water partition coefficient (Wildman–Crippen LogP) is 2.67. The number of rotatable bonds is 5. The molecular weight excluding hydrogens is 222 g/mol. The van der Waals surface area contributed by atoms with Gasteiger partial charge in [0.2, 0.25) is 6.43 Å². The zero-order valence-electron chi connectivity index (χ0n) is 7.82. The molecule has 0 spiro atoms. The summed E-state index contributed by atoms with van der Waals surface area (Å²) in [6.07, 6.45) is -2.37. The molecule has 0 saturated carbocycles.